The molecule has 2 aromatic rings. The van der Waals surface area contributed by atoms with Gasteiger partial charge in [0, 0.05) is 5.56 Å². The molecule has 0 bridgehead atoms. The van der Waals surface area contributed by atoms with E-state index in [-0.39, 0.29) is 5.91 Å². The third-order valence-electron chi connectivity index (χ3n) is 3.27. The van der Waals surface area contributed by atoms with Crippen molar-refractivity contribution < 1.29 is 14.2 Å². The van der Waals surface area contributed by atoms with Gasteiger partial charge in [-0.05, 0) is 42.8 Å². The van der Waals surface area contributed by atoms with Crippen LogP contribution in [-0.2, 0) is 0 Å². The van der Waals surface area contributed by atoms with Crippen molar-refractivity contribution in [2.24, 2.45) is 0 Å². The molecule has 1 amide bonds. The summed E-state index contributed by atoms with van der Waals surface area (Å²) in [6, 6.07) is 7.03. The van der Waals surface area contributed by atoms with E-state index in [4.69, 9.17) is 4.74 Å². The Kier molecular flexibility index (Phi) is 5.94. The quantitative estimate of drug-likeness (QED) is 0.754. The van der Waals surface area contributed by atoms with Gasteiger partial charge in [-0.1, -0.05) is 31.3 Å². The van der Waals surface area contributed by atoms with Gasteiger partial charge in [-0.2, -0.15) is 0 Å². The molecule has 1 N–H and O–H groups in total. The number of aryl methyl sites for hydroxylation is 1. The molecule has 0 atom stereocenters. The first-order chi connectivity index (χ1) is 10.7. The summed E-state index contributed by atoms with van der Waals surface area (Å²) in [6.45, 7) is 4.60. The Hall–Kier alpha value is -2.37. The molecule has 0 fully saturated rings. The summed E-state index contributed by atoms with van der Waals surface area (Å²) in [4.78, 5) is 12.0. The number of carbonyl (C=O) groups excluding carboxylic acids is 1. The fourth-order valence-corrected chi connectivity index (χ4v) is 1.95. The molecule has 22 heavy (non-hydrogen) atoms. The highest BCUT2D eigenvalue weighted by Crippen LogP contribution is 2.15. The molecule has 0 radical (unpaired) electrons. The van der Waals surface area contributed by atoms with Crippen molar-refractivity contribution >= 4 is 11.7 Å². The largest absolute Gasteiger partial charge is 0.494 e. The van der Waals surface area contributed by atoms with Gasteiger partial charge in [0.1, 0.15) is 11.4 Å². The summed E-state index contributed by atoms with van der Waals surface area (Å²) in [5.74, 6) is 0.849. The molecular weight excluding hydrogens is 282 g/mol. The highest BCUT2D eigenvalue weighted by molar-refractivity contribution is 6.03. The average molecular weight is 303 g/mol. The Bertz CT molecular complexity index is 593. The minimum atomic E-state index is -0.256. The van der Waals surface area contributed by atoms with Crippen LogP contribution in [0, 0.1) is 6.92 Å². The van der Waals surface area contributed by atoms with Crippen molar-refractivity contribution in [1.82, 2.24) is 10.3 Å². The number of carbonyl (C=O) groups is 1. The molecule has 0 saturated heterocycles. The van der Waals surface area contributed by atoms with Gasteiger partial charge < -0.3 is 10.1 Å². The third-order valence-corrected chi connectivity index (χ3v) is 3.27. The molecule has 1 aromatic carbocycles. The summed E-state index contributed by atoms with van der Waals surface area (Å²) >= 11 is 0. The smallest absolute Gasteiger partial charge is 0.256 e. The first-order valence-corrected chi connectivity index (χ1v) is 7.54. The molecule has 1 heterocycles. The maximum atomic E-state index is 12.0. The van der Waals surface area contributed by atoms with Crippen LogP contribution in [0.3, 0.4) is 0 Å². The molecule has 0 aliphatic carbocycles. The number of aromatic nitrogens is 2. The van der Waals surface area contributed by atoms with E-state index in [1.807, 2.05) is 0 Å². The molecule has 0 spiro atoms. The van der Waals surface area contributed by atoms with Crippen molar-refractivity contribution in [1.29, 1.82) is 0 Å². The summed E-state index contributed by atoms with van der Waals surface area (Å²) in [7, 11) is 0. The van der Waals surface area contributed by atoms with Gasteiger partial charge in [0.2, 0.25) is 5.82 Å². The lowest BCUT2D eigenvalue weighted by Crippen LogP contribution is -2.12. The zero-order valence-electron chi connectivity index (χ0n) is 13.0. The van der Waals surface area contributed by atoms with Crippen LogP contribution >= 0.6 is 0 Å². The van der Waals surface area contributed by atoms with Crippen molar-refractivity contribution in [3.05, 3.63) is 35.5 Å². The van der Waals surface area contributed by atoms with Gasteiger partial charge in [-0.15, -0.1) is 0 Å². The Balaban J connectivity index is 1.83. The van der Waals surface area contributed by atoms with Crippen LogP contribution < -0.4 is 10.1 Å². The van der Waals surface area contributed by atoms with Crippen LogP contribution in [0.2, 0.25) is 0 Å². The van der Waals surface area contributed by atoms with E-state index >= 15 is 0 Å². The van der Waals surface area contributed by atoms with Gasteiger partial charge in [0.15, 0.2) is 0 Å². The van der Waals surface area contributed by atoms with E-state index in [1.54, 1.807) is 31.2 Å². The van der Waals surface area contributed by atoms with Gasteiger partial charge in [0.25, 0.3) is 5.91 Å². The second-order valence-electron chi connectivity index (χ2n) is 5.09. The number of nitrogens with one attached hydrogen (secondary N) is 1. The summed E-state index contributed by atoms with van der Waals surface area (Å²) in [5, 5.41) is 9.88. The van der Waals surface area contributed by atoms with Crippen LogP contribution in [0.15, 0.2) is 28.9 Å². The minimum absolute atomic E-state index is 0.256. The topological polar surface area (TPSA) is 77.2 Å². The summed E-state index contributed by atoms with van der Waals surface area (Å²) in [6.07, 6.45) is 4.68. The van der Waals surface area contributed by atoms with Crippen LogP contribution in [0.5, 0.6) is 5.75 Å². The van der Waals surface area contributed by atoms with Gasteiger partial charge in [0.05, 0.1) is 6.61 Å². The fourth-order valence-electron chi connectivity index (χ4n) is 1.95. The first-order valence-electron chi connectivity index (χ1n) is 7.54. The molecule has 0 aliphatic heterocycles. The second-order valence-corrected chi connectivity index (χ2v) is 5.09. The third kappa shape index (κ3) is 4.58. The predicted octanol–water partition coefficient (Wildman–Crippen LogP) is 3.59. The Morgan fingerprint density at radius 1 is 1.18 bits per heavy atom. The van der Waals surface area contributed by atoms with Crippen molar-refractivity contribution in [3.8, 4) is 5.75 Å². The fraction of sp³-hybridized carbons (Fsp3) is 0.438. The van der Waals surface area contributed by atoms with E-state index in [2.05, 4.69) is 27.2 Å². The lowest BCUT2D eigenvalue weighted by molar-refractivity contribution is 0.102. The number of unbranched alkanes of at least 4 members (excludes halogenated alkanes) is 3. The van der Waals surface area contributed by atoms with Crippen molar-refractivity contribution in [2.75, 3.05) is 11.9 Å². The number of nitrogens with zero attached hydrogens (tertiary/aromatic N) is 2. The number of hydrogen-bond donors (Lipinski definition) is 1. The average Bonchev–Trinajstić information content (AvgIpc) is 2.93. The maximum Gasteiger partial charge on any atom is 0.256 e. The molecule has 6 heteroatoms. The highest BCUT2D eigenvalue weighted by Gasteiger charge is 2.11. The SMILES string of the molecule is CCCCCCOc1ccc(C(=O)Nc2nonc2C)cc1. The van der Waals surface area contributed by atoms with Crippen LogP contribution in [0.4, 0.5) is 5.82 Å². The molecule has 2 rings (SSSR count). The number of amides is 1. The number of benzene rings is 1. The minimum Gasteiger partial charge on any atom is -0.494 e. The van der Waals surface area contributed by atoms with E-state index < -0.39 is 0 Å². The molecule has 0 aliphatic rings. The number of anilines is 1. The molecule has 0 unspecified atom stereocenters. The lowest BCUT2D eigenvalue weighted by Gasteiger charge is -2.07. The van der Waals surface area contributed by atoms with E-state index in [0.717, 1.165) is 12.2 Å². The van der Waals surface area contributed by atoms with Crippen molar-refractivity contribution in [3.63, 3.8) is 0 Å². The number of ether oxygens (including phenoxy) is 1. The van der Waals surface area contributed by atoms with Crippen LogP contribution in [0.1, 0.15) is 48.7 Å². The lowest BCUT2D eigenvalue weighted by atomic mass is 10.2. The standard InChI is InChI=1S/C16H21N3O3/c1-3-4-5-6-11-21-14-9-7-13(8-10-14)16(20)17-15-12(2)18-22-19-15/h7-10H,3-6,11H2,1-2H3,(H,17,19,20). The summed E-state index contributed by atoms with van der Waals surface area (Å²) in [5.41, 5.74) is 1.07. The Labute approximate surface area is 129 Å². The van der Waals surface area contributed by atoms with Gasteiger partial charge in [-0.25, -0.2) is 4.63 Å². The molecule has 118 valence electrons. The molecule has 6 nitrogen and oxygen atoms in total. The Morgan fingerprint density at radius 2 is 1.95 bits per heavy atom. The number of rotatable bonds is 8. The van der Waals surface area contributed by atoms with E-state index in [0.29, 0.717) is 23.7 Å². The van der Waals surface area contributed by atoms with Crippen LogP contribution in [-0.4, -0.2) is 22.8 Å². The zero-order chi connectivity index (χ0) is 15.8. The molecule has 0 saturated carbocycles. The first kappa shape index (κ1) is 16.0. The van der Waals surface area contributed by atoms with Crippen LogP contribution in [0.25, 0.3) is 0 Å². The molecular formula is C16H21N3O3. The monoisotopic (exact) mass is 303 g/mol. The maximum absolute atomic E-state index is 12.0. The van der Waals surface area contributed by atoms with Gasteiger partial charge in [-0.3, -0.25) is 4.79 Å². The highest BCUT2D eigenvalue weighted by atomic mass is 16.6. The Morgan fingerprint density at radius 3 is 2.59 bits per heavy atom. The zero-order valence-corrected chi connectivity index (χ0v) is 13.0. The second kappa shape index (κ2) is 8.17. The van der Waals surface area contributed by atoms with E-state index in [1.165, 1.54) is 19.3 Å². The number of hydrogen-bond acceptors (Lipinski definition) is 5. The predicted molar refractivity (Wildman–Crippen MR) is 83.1 cm³/mol. The molecule has 1 aromatic heterocycles. The summed E-state index contributed by atoms with van der Waals surface area (Å²) < 4.78 is 10.2. The normalized spacial score (nSPS) is 10.5. The van der Waals surface area contributed by atoms with E-state index in [9.17, 15) is 4.79 Å². The van der Waals surface area contributed by atoms with Gasteiger partial charge >= 0.3 is 0 Å². The van der Waals surface area contributed by atoms with Crippen molar-refractivity contribution in [2.45, 2.75) is 39.5 Å².